The van der Waals surface area contributed by atoms with Crippen molar-refractivity contribution in [1.82, 2.24) is 39.3 Å². The lowest BCUT2D eigenvalue weighted by Crippen LogP contribution is -2.37. The summed E-state index contributed by atoms with van der Waals surface area (Å²) in [7, 11) is 1.88. The number of nitrogens with zero attached hydrogens (tertiary/aromatic N) is 8. The molecule has 0 aliphatic carbocycles. The number of hydrogen-bond donors (Lipinski definition) is 3. The van der Waals surface area contributed by atoms with Gasteiger partial charge in [0.2, 0.25) is 5.95 Å². The topological polar surface area (TPSA) is 141 Å². The molecule has 1 fully saturated rings. The maximum atomic E-state index is 5.89. The van der Waals surface area contributed by atoms with E-state index in [2.05, 4.69) is 30.3 Å². The third-order valence-corrected chi connectivity index (χ3v) is 5.63. The third kappa shape index (κ3) is 3.59. The Morgan fingerprint density at radius 3 is 2.88 bits per heavy atom. The van der Waals surface area contributed by atoms with Crippen molar-refractivity contribution in [3.63, 3.8) is 0 Å². The maximum Gasteiger partial charge on any atom is 0.229 e. The molecule has 0 bridgehead atoms. The van der Waals surface area contributed by atoms with Crippen molar-refractivity contribution in [2.45, 2.75) is 6.54 Å². The van der Waals surface area contributed by atoms with E-state index >= 15 is 0 Å². The van der Waals surface area contributed by atoms with E-state index in [1.54, 1.807) is 17.2 Å². The molecule has 0 atom stereocenters. The molecule has 1 saturated heterocycles. The number of nitrogen functional groups attached to an aromatic ring is 1. The van der Waals surface area contributed by atoms with Crippen LogP contribution in [-0.2, 0) is 18.3 Å². The van der Waals surface area contributed by atoms with Crippen molar-refractivity contribution >= 4 is 39.7 Å². The zero-order valence-corrected chi connectivity index (χ0v) is 18.1. The second kappa shape index (κ2) is 7.74. The van der Waals surface area contributed by atoms with Gasteiger partial charge in [-0.3, -0.25) is 9.25 Å². The number of imidazole rings is 2. The molecule has 4 N–H and O–H groups in total. The molecule has 33 heavy (non-hydrogen) atoms. The normalized spacial score (nSPS) is 14.4. The van der Waals surface area contributed by atoms with Crippen LogP contribution in [0, 0.1) is 0 Å². The molecule has 1 aromatic carbocycles. The molecule has 1 aliphatic heterocycles. The molecule has 0 radical (unpaired) electrons. The Balaban J connectivity index is 1.39. The molecule has 4 aromatic heterocycles. The first-order chi connectivity index (χ1) is 16.1. The fourth-order valence-electron chi connectivity index (χ4n) is 3.97. The third-order valence-electron chi connectivity index (χ3n) is 5.63. The molecule has 0 saturated carbocycles. The Bertz CT molecular complexity index is 1440. The van der Waals surface area contributed by atoms with Crippen molar-refractivity contribution in [3.8, 4) is 5.69 Å². The lowest BCUT2D eigenvalue weighted by molar-refractivity contribution is 0.122. The molecule has 1 aliphatic rings. The predicted octanol–water partition coefficient (Wildman–Crippen LogP) is 1.46. The summed E-state index contributed by atoms with van der Waals surface area (Å²) in [5.74, 6) is 2.06. The second-order valence-corrected chi connectivity index (χ2v) is 7.94. The second-order valence-electron chi connectivity index (χ2n) is 7.94. The SMILES string of the molecule is Cn1cc(-n2cnc3c(NCc4nc5ccc(N)cc5[nH]4)nc(N4CCOCC4)nc32)cn1. The molecule has 5 aromatic rings. The maximum absolute atomic E-state index is 5.89. The van der Waals surface area contributed by atoms with Gasteiger partial charge in [-0.05, 0) is 18.2 Å². The first kappa shape index (κ1) is 19.5. The summed E-state index contributed by atoms with van der Waals surface area (Å²) in [5.41, 5.74) is 10.6. The van der Waals surface area contributed by atoms with E-state index in [0.29, 0.717) is 48.4 Å². The number of hydrogen-bond acceptors (Lipinski definition) is 9. The minimum absolute atomic E-state index is 0.447. The molecule has 0 spiro atoms. The van der Waals surface area contributed by atoms with Gasteiger partial charge in [-0.15, -0.1) is 0 Å². The van der Waals surface area contributed by atoms with Gasteiger partial charge in [0.1, 0.15) is 12.2 Å². The number of nitrogens with two attached hydrogens (primary N) is 1. The Morgan fingerprint density at radius 1 is 1.18 bits per heavy atom. The van der Waals surface area contributed by atoms with E-state index in [0.717, 1.165) is 35.6 Å². The van der Waals surface area contributed by atoms with Gasteiger partial charge in [0, 0.05) is 32.0 Å². The molecule has 0 amide bonds. The van der Waals surface area contributed by atoms with Crippen LogP contribution in [0.2, 0.25) is 0 Å². The summed E-state index contributed by atoms with van der Waals surface area (Å²) in [4.78, 5) is 24.3. The van der Waals surface area contributed by atoms with E-state index in [1.807, 2.05) is 36.0 Å². The van der Waals surface area contributed by atoms with Gasteiger partial charge in [0.05, 0.1) is 42.7 Å². The van der Waals surface area contributed by atoms with Crippen LogP contribution < -0.4 is 16.0 Å². The number of ether oxygens (including phenoxy) is 1. The highest BCUT2D eigenvalue weighted by Gasteiger charge is 2.20. The zero-order valence-electron chi connectivity index (χ0n) is 18.1. The van der Waals surface area contributed by atoms with Crippen LogP contribution in [0.4, 0.5) is 17.5 Å². The molecular weight excluding hydrogens is 422 g/mol. The van der Waals surface area contributed by atoms with Crippen LogP contribution in [0.25, 0.3) is 27.9 Å². The average molecular weight is 445 g/mol. The summed E-state index contributed by atoms with van der Waals surface area (Å²) in [6.45, 7) is 3.21. The number of morpholine rings is 1. The number of rotatable bonds is 5. The van der Waals surface area contributed by atoms with Crippen LogP contribution in [0.5, 0.6) is 0 Å². The average Bonchev–Trinajstić information content (AvgIpc) is 3.55. The number of aryl methyl sites for hydroxylation is 1. The van der Waals surface area contributed by atoms with Gasteiger partial charge in [0.15, 0.2) is 17.0 Å². The minimum atomic E-state index is 0.447. The molecule has 5 heterocycles. The molecule has 12 nitrogen and oxygen atoms in total. The summed E-state index contributed by atoms with van der Waals surface area (Å²) in [6, 6.07) is 5.62. The van der Waals surface area contributed by atoms with Crippen molar-refractivity contribution < 1.29 is 4.74 Å². The lowest BCUT2D eigenvalue weighted by Gasteiger charge is -2.27. The number of H-pyrrole nitrogens is 1. The van der Waals surface area contributed by atoms with Crippen molar-refractivity contribution in [2.24, 2.45) is 7.05 Å². The summed E-state index contributed by atoms with van der Waals surface area (Å²) < 4.78 is 9.17. The Hall–Kier alpha value is -4.19. The molecule has 0 unspecified atom stereocenters. The number of nitrogens with one attached hydrogen (secondary N) is 2. The number of fused-ring (bicyclic) bond motifs is 2. The number of benzene rings is 1. The highest BCUT2D eigenvalue weighted by molar-refractivity contribution is 5.85. The Kier molecular flexibility index (Phi) is 4.57. The van der Waals surface area contributed by atoms with E-state index in [9.17, 15) is 0 Å². The first-order valence-corrected chi connectivity index (χ1v) is 10.7. The highest BCUT2D eigenvalue weighted by atomic mass is 16.5. The predicted molar refractivity (Wildman–Crippen MR) is 124 cm³/mol. The monoisotopic (exact) mass is 445 g/mol. The summed E-state index contributed by atoms with van der Waals surface area (Å²) >= 11 is 0. The number of aromatic amines is 1. The lowest BCUT2D eigenvalue weighted by atomic mass is 10.3. The van der Waals surface area contributed by atoms with Gasteiger partial charge in [-0.2, -0.15) is 15.1 Å². The molecule has 12 heteroatoms. The molecular formula is C21H23N11O. The van der Waals surface area contributed by atoms with Gasteiger partial charge < -0.3 is 25.7 Å². The fourth-order valence-corrected chi connectivity index (χ4v) is 3.97. The largest absolute Gasteiger partial charge is 0.399 e. The van der Waals surface area contributed by atoms with E-state index in [4.69, 9.17) is 20.4 Å². The van der Waals surface area contributed by atoms with Crippen LogP contribution >= 0.6 is 0 Å². The standard InChI is InChI=1S/C21H23N11O/c1-30-11-14(9-25-30)32-12-24-18-19(28-21(29-20(18)32)31-4-6-33-7-5-31)23-10-17-26-15-3-2-13(22)8-16(15)27-17/h2-3,8-9,11-12H,4-7,10,22H2,1H3,(H,26,27)(H,23,28,29). The Morgan fingerprint density at radius 2 is 2.06 bits per heavy atom. The van der Waals surface area contributed by atoms with E-state index < -0.39 is 0 Å². The molecule has 168 valence electrons. The van der Waals surface area contributed by atoms with Crippen molar-refractivity contribution in [2.75, 3.05) is 42.3 Å². The van der Waals surface area contributed by atoms with Crippen LogP contribution in [0.3, 0.4) is 0 Å². The van der Waals surface area contributed by atoms with E-state index in [1.165, 1.54) is 0 Å². The van der Waals surface area contributed by atoms with Crippen LogP contribution in [0.1, 0.15) is 5.82 Å². The van der Waals surface area contributed by atoms with Gasteiger partial charge in [-0.25, -0.2) is 9.97 Å². The smallest absolute Gasteiger partial charge is 0.229 e. The van der Waals surface area contributed by atoms with Crippen LogP contribution in [0.15, 0.2) is 36.9 Å². The quantitative estimate of drug-likeness (QED) is 0.343. The minimum Gasteiger partial charge on any atom is -0.399 e. The van der Waals surface area contributed by atoms with Crippen molar-refractivity contribution in [1.29, 1.82) is 0 Å². The highest BCUT2D eigenvalue weighted by Crippen LogP contribution is 2.26. The number of aromatic nitrogens is 8. The van der Waals surface area contributed by atoms with Gasteiger partial charge >= 0.3 is 0 Å². The van der Waals surface area contributed by atoms with Crippen molar-refractivity contribution in [3.05, 3.63) is 42.7 Å². The van der Waals surface area contributed by atoms with Gasteiger partial charge in [0.25, 0.3) is 0 Å². The number of anilines is 3. The summed E-state index contributed by atoms with van der Waals surface area (Å²) in [6.07, 6.45) is 5.45. The van der Waals surface area contributed by atoms with Gasteiger partial charge in [-0.1, -0.05) is 0 Å². The zero-order chi connectivity index (χ0) is 22.4. The van der Waals surface area contributed by atoms with Crippen LogP contribution in [-0.4, -0.2) is 65.6 Å². The summed E-state index contributed by atoms with van der Waals surface area (Å²) in [5, 5.41) is 7.68. The fraction of sp³-hybridized carbons (Fsp3) is 0.286. The molecule has 6 rings (SSSR count). The van der Waals surface area contributed by atoms with E-state index in [-0.39, 0.29) is 0 Å². The Labute approximate surface area is 188 Å². The first-order valence-electron chi connectivity index (χ1n) is 10.7.